The van der Waals surface area contributed by atoms with E-state index in [1.54, 1.807) is 19.9 Å². The first-order valence-corrected chi connectivity index (χ1v) is 11.0. The van der Waals surface area contributed by atoms with Crippen molar-refractivity contribution in [1.29, 1.82) is 0 Å². The molecule has 2 atom stereocenters. The van der Waals surface area contributed by atoms with Crippen molar-refractivity contribution in [2.75, 3.05) is 7.11 Å². The van der Waals surface area contributed by atoms with Gasteiger partial charge in [0.05, 0.1) is 34.5 Å². The second-order valence-electron chi connectivity index (χ2n) is 7.27. The van der Waals surface area contributed by atoms with Crippen LogP contribution in [0.25, 0.3) is 11.1 Å². The third kappa shape index (κ3) is 4.06. The van der Waals surface area contributed by atoms with Crippen molar-refractivity contribution in [3.8, 4) is 11.1 Å². The van der Waals surface area contributed by atoms with E-state index in [1.165, 1.54) is 25.3 Å². The number of hydrogen-bond acceptors (Lipinski definition) is 8. The predicted molar refractivity (Wildman–Crippen MR) is 112 cm³/mol. The lowest BCUT2D eigenvalue weighted by molar-refractivity contribution is -0.384. The molecule has 3 rings (SSSR count). The molecule has 0 spiro atoms. The van der Waals surface area contributed by atoms with Gasteiger partial charge in [0.15, 0.2) is 0 Å². The van der Waals surface area contributed by atoms with E-state index in [0.29, 0.717) is 23.4 Å². The average molecular weight is 435 g/mol. The Morgan fingerprint density at radius 2 is 1.90 bits per heavy atom. The zero-order chi connectivity index (χ0) is 22.2. The van der Waals surface area contributed by atoms with E-state index in [0.717, 1.165) is 0 Å². The smallest absolute Gasteiger partial charge is 0.449 e. The quantitative estimate of drug-likeness (QED) is 0.334. The highest BCUT2D eigenvalue weighted by atomic mass is 31.2. The molecule has 0 aliphatic carbocycles. The van der Waals surface area contributed by atoms with Gasteiger partial charge in [-0.2, -0.15) is 13.9 Å². The number of rotatable bonds is 4. The van der Waals surface area contributed by atoms with Gasteiger partial charge in [-0.1, -0.05) is 12.1 Å². The summed E-state index contributed by atoms with van der Waals surface area (Å²) < 4.78 is 16.7. The molecule has 1 aromatic heterocycles. The summed E-state index contributed by atoms with van der Waals surface area (Å²) in [6.45, 7) is 6.98. The second-order valence-corrected chi connectivity index (χ2v) is 9.18. The number of non-ortho nitro benzene ring substituents is 1. The van der Waals surface area contributed by atoms with Crippen molar-refractivity contribution in [3.05, 3.63) is 51.3 Å². The van der Waals surface area contributed by atoms with E-state index < -0.39 is 18.8 Å². The molecule has 2 heterocycles. The number of aromatic nitrogens is 1. The first-order chi connectivity index (χ1) is 14.1. The summed E-state index contributed by atoms with van der Waals surface area (Å²) in [5.74, 6) is -0.674. The fraction of sp³-hybridized carbons (Fsp3) is 0.400. The van der Waals surface area contributed by atoms with Gasteiger partial charge in [-0.3, -0.25) is 15.1 Å². The molecule has 1 aromatic carbocycles. The molecule has 0 radical (unpaired) electrons. The van der Waals surface area contributed by atoms with Gasteiger partial charge in [0.2, 0.25) is 5.30 Å². The maximum Gasteiger partial charge on any atom is 0.449 e. The average Bonchev–Trinajstić information content (AvgIpc) is 2.65. The molecule has 9 nitrogen and oxygen atoms in total. The number of carbonyl (C=O) groups is 1. The van der Waals surface area contributed by atoms with Crippen molar-refractivity contribution in [2.24, 2.45) is 0 Å². The van der Waals surface area contributed by atoms with Gasteiger partial charge in [-0.15, -0.1) is 0 Å². The van der Waals surface area contributed by atoms with E-state index in [4.69, 9.17) is 13.8 Å². The largest absolute Gasteiger partial charge is 0.465 e. The van der Waals surface area contributed by atoms with Crippen LogP contribution in [-0.4, -0.2) is 40.1 Å². The predicted octanol–water partition coefficient (Wildman–Crippen LogP) is 3.65. The Balaban J connectivity index is 2.39. The summed E-state index contributed by atoms with van der Waals surface area (Å²) in [4.78, 5) is 39.4. The van der Waals surface area contributed by atoms with Gasteiger partial charge in [0.1, 0.15) is 12.2 Å². The molecule has 1 saturated heterocycles. The Morgan fingerprint density at radius 3 is 2.47 bits per heavy atom. The van der Waals surface area contributed by atoms with Crippen LogP contribution >= 0.6 is 7.94 Å². The fourth-order valence-electron chi connectivity index (χ4n) is 3.77. The zero-order valence-electron chi connectivity index (χ0n) is 17.4. The molecule has 1 N–H and O–H groups in total. The number of pyridine rings is 1. The minimum absolute atomic E-state index is 0.102. The van der Waals surface area contributed by atoms with E-state index in [9.17, 15) is 19.8 Å². The summed E-state index contributed by atoms with van der Waals surface area (Å²) in [6.07, 6.45) is 0.0241. The number of hydrogen-bond donors (Lipinski definition) is 1. The van der Waals surface area contributed by atoms with Crippen LogP contribution in [0.1, 0.15) is 42.0 Å². The number of ether oxygens (including phenoxy) is 1. The summed E-state index contributed by atoms with van der Waals surface area (Å²) in [5, 5.41) is 11.6. The normalized spacial score (nSPS) is 23.8. The molecular formula is C20H24N2O7P+. The Hall–Kier alpha value is -2.45. The standard InChI is InChI=1S/C20H24N2O7P/c1-11-9-12(2)29-30(26,28-11)19-14(4)21-13(3)17(20(23)27-5)18(19)15-7-6-8-16(10-15)22(24)25/h6-8,10-12,26H,9H2,1-5H3/q+1/t11-,12-/m1/s1. The van der Waals surface area contributed by atoms with Crippen molar-refractivity contribution in [1.82, 2.24) is 4.98 Å². The summed E-state index contributed by atoms with van der Waals surface area (Å²) in [6, 6.07) is 5.83. The van der Waals surface area contributed by atoms with E-state index in [1.807, 2.05) is 13.8 Å². The third-order valence-electron chi connectivity index (χ3n) is 4.85. The second kappa shape index (κ2) is 8.35. The minimum atomic E-state index is -3.64. The van der Waals surface area contributed by atoms with Gasteiger partial charge in [0.25, 0.3) is 5.69 Å². The minimum Gasteiger partial charge on any atom is -0.465 e. The number of esters is 1. The molecule has 30 heavy (non-hydrogen) atoms. The van der Waals surface area contributed by atoms with E-state index in [-0.39, 0.29) is 34.3 Å². The highest BCUT2D eigenvalue weighted by Gasteiger charge is 2.55. The summed E-state index contributed by atoms with van der Waals surface area (Å²) >= 11 is 0. The Morgan fingerprint density at radius 1 is 1.27 bits per heavy atom. The maximum atomic E-state index is 12.7. The fourth-order valence-corrected chi connectivity index (χ4v) is 6.16. The van der Waals surface area contributed by atoms with Crippen LogP contribution in [-0.2, 0) is 13.8 Å². The van der Waals surface area contributed by atoms with Gasteiger partial charge < -0.3 is 4.74 Å². The van der Waals surface area contributed by atoms with E-state index >= 15 is 0 Å². The summed E-state index contributed by atoms with van der Waals surface area (Å²) in [7, 11) is -2.41. The summed E-state index contributed by atoms with van der Waals surface area (Å²) in [5.41, 5.74) is 1.37. The molecule has 0 unspecified atom stereocenters. The molecule has 1 fully saturated rings. The first-order valence-electron chi connectivity index (χ1n) is 9.41. The Kier molecular flexibility index (Phi) is 6.19. The number of benzene rings is 1. The van der Waals surface area contributed by atoms with Gasteiger partial charge in [-0.05, 0) is 33.3 Å². The molecule has 0 amide bonds. The molecule has 1 aliphatic rings. The molecule has 1 aliphatic heterocycles. The zero-order valence-corrected chi connectivity index (χ0v) is 18.3. The number of aryl methyl sites for hydroxylation is 2. The van der Waals surface area contributed by atoms with Crippen LogP contribution < -0.4 is 5.30 Å². The van der Waals surface area contributed by atoms with Crippen LogP contribution in [0, 0.1) is 24.0 Å². The number of carbonyl (C=O) groups excluding carboxylic acids is 1. The first kappa shape index (κ1) is 22.2. The SMILES string of the molecule is COC(=O)c1c(C)nc(C)c([P+]2(O)O[C@H](C)C[C@@H](C)O2)c1-c1cccc([N+](=O)[O-])c1. The Bertz CT molecular complexity index is 1000. The lowest BCUT2D eigenvalue weighted by Gasteiger charge is -2.31. The molecule has 0 bridgehead atoms. The monoisotopic (exact) mass is 435 g/mol. The number of methoxy groups -OCH3 is 1. The van der Waals surface area contributed by atoms with Crippen LogP contribution in [0.3, 0.4) is 0 Å². The topological polar surface area (TPSA) is 121 Å². The number of nitro benzene ring substituents is 1. The number of nitro groups is 1. The molecule has 2 aromatic rings. The highest BCUT2D eigenvalue weighted by molar-refractivity contribution is 7.69. The number of nitrogens with zero attached hydrogens (tertiary/aromatic N) is 2. The van der Waals surface area contributed by atoms with Gasteiger partial charge >= 0.3 is 13.9 Å². The molecule has 160 valence electrons. The lowest BCUT2D eigenvalue weighted by Crippen LogP contribution is -2.34. The van der Waals surface area contributed by atoms with E-state index in [2.05, 4.69) is 4.98 Å². The highest BCUT2D eigenvalue weighted by Crippen LogP contribution is 2.62. The van der Waals surface area contributed by atoms with Crippen LogP contribution in [0.4, 0.5) is 5.69 Å². The van der Waals surface area contributed by atoms with Crippen LogP contribution in [0.5, 0.6) is 0 Å². The Labute approximate surface area is 174 Å². The maximum absolute atomic E-state index is 12.7. The van der Waals surface area contributed by atoms with Gasteiger partial charge in [-0.25, -0.2) is 4.79 Å². The van der Waals surface area contributed by atoms with Crippen LogP contribution in [0.15, 0.2) is 24.3 Å². The third-order valence-corrected chi connectivity index (χ3v) is 7.26. The molecular weight excluding hydrogens is 411 g/mol. The van der Waals surface area contributed by atoms with Crippen molar-refractivity contribution < 1.29 is 28.4 Å². The molecule has 10 heteroatoms. The van der Waals surface area contributed by atoms with Crippen molar-refractivity contribution in [2.45, 2.75) is 46.3 Å². The van der Waals surface area contributed by atoms with Crippen molar-refractivity contribution in [3.63, 3.8) is 0 Å². The van der Waals surface area contributed by atoms with Gasteiger partial charge in [0, 0.05) is 18.6 Å². The molecule has 0 saturated carbocycles. The van der Waals surface area contributed by atoms with Crippen molar-refractivity contribution >= 4 is 24.9 Å². The lowest BCUT2D eigenvalue weighted by atomic mass is 9.97. The van der Waals surface area contributed by atoms with Crippen LogP contribution in [0.2, 0.25) is 0 Å².